The Morgan fingerprint density at radius 3 is 2.76 bits per heavy atom. The number of nitrogens with zero attached hydrogens (tertiary/aromatic N) is 1. The molecule has 3 rings (SSSR count). The summed E-state index contributed by atoms with van der Waals surface area (Å²) in [7, 11) is 0. The van der Waals surface area contributed by atoms with Crippen molar-refractivity contribution >= 4 is 60.1 Å². The molecular formula is C16H11Br2ClN2. The number of nitrogens with one attached hydrogen (secondary N) is 1. The first-order valence-corrected chi connectivity index (χ1v) is 8.32. The summed E-state index contributed by atoms with van der Waals surface area (Å²) in [5.41, 5.74) is 3.10. The molecule has 0 saturated carbocycles. The van der Waals surface area contributed by atoms with Crippen molar-refractivity contribution in [3.63, 3.8) is 0 Å². The van der Waals surface area contributed by atoms with Gasteiger partial charge in [0.2, 0.25) is 0 Å². The zero-order valence-electron chi connectivity index (χ0n) is 10.9. The first-order chi connectivity index (χ1) is 10.1. The van der Waals surface area contributed by atoms with Gasteiger partial charge in [0.1, 0.15) is 0 Å². The molecule has 0 fully saturated rings. The van der Waals surface area contributed by atoms with Crippen LogP contribution in [0.5, 0.6) is 0 Å². The number of fused-ring (bicyclic) bond motifs is 1. The van der Waals surface area contributed by atoms with Crippen molar-refractivity contribution in [2.24, 2.45) is 0 Å². The summed E-state index contributed by atoms with van der Waals surface area (Å²) in [5, 5.41) is 5.24. The van der Waals surface area contributed by atoms with E-state index in [2.05, 4.69) is 54.3 Å². The average molecular weight is 427 g/mol. The van der Waals surface area contributed by atoms with Gasteiger partial charge in [0.05, 0.1) is 16.2 Å². The van der Waals surface area contributed by atoms with Crippen LogP contribution in [0.3, 0.4) is 0 Å². The van der Waals surface area contributed by atoms with Crippen LogP contribution in [-0.2, 0) is 6.54 Å². The van der Waals surface area contributed by atoms with Crippen LogP contribution < -0.4 is 5.32 Å². The molecule has 0 aliphatic rings. The van der Waals surface area contributed by atoms with Crippen LogP contribution >= 0.6 is 43.5 Å². The van der Waals surface area contributed by atoms with Crippen LogP contribution in [-0.4, -0.2) is 4.98 Å². The van der Waals surface area contributed by atoms with E-state index < -0.39 is 0 Å². The van der Waals surface area contributed by atoms with Gasteiger partial charge in [-0.25, -0.2) is 0 Å². The highest BCUT2D eigenvalue weighted by atomic mass is 79.9. The molecule has 0 spiro atoms. The van der Waals surface area contributed by atoms with Gasteiger partial charge < -0.3 is 5.32 Å². The maximum absolute atomic E-state index is 6.12. The van der Waals surface area contributed by atoms with Gasteiger partial charge in [-0.05, 0) is 61.7 Å². The van der Waals surface area contributed by atoms with Crippen molar-refractivity contribution < 1.29 is 0 Å². The van der Waals surface area contributed by atoms with Crippen LogP contribution in [0.15, 0.2) is 57.6 Å². The molecule has 5 heteroatoms. The number of benzene rings is 2. The third-order valence-corrected chi connectivity index (χ3v) is 4.81. The lowest BCUT2D eigenvalue weighted by atomic mass is 10.1. The molecule has 1 N–H and O–H groups in total. The molecule has 0 bridgehead atoms. The lowest BCUT2D eigenvalue weighted by Gasteiger charge is -2.10. The molecule has 0 saturated heterocycles. The van der Waals surface area contributed by atoms with E-state index in [4.69, 9.17) is 11.6 Å². The minimum Gasteiger partial charge on any atom is -0.379 e. The summed E-state index contributed by atoms with van der Waals surface area (Å²) in [6.45, 7) is 0.698. The SMILES string of the molecule is Clc1cc(CNc2cccc3cc(Br)cnc23)ccc1Br. The van der Waals surface area contributed by atoms with Crippen molar-refractivity contribution in [1.29, 1.82) is 0 Å². The Labute approximate surface area is 144 Å². The third-order valence-electron chi connectivity index (χ3n) is 3.14. The first kappa shape index (κ1) is 14.8. The second kappa shape index (κ2) is 6.34. The predicted octanol–water partition coefficient (Wildman–Crippen LogP) is 6.03. The average Bonchev–Trinajstić information content (AvgIpc) is 2.48. The van der Waals surface area contributed by atoms with Gasteiger partial charge in [0.25, 0.3) is 0 Å². The number of para-hydroxylation sites is 1. The van der Waals surface area contributed by atoms with Crippen molar-refractivity contribution in [2.75, 3.05) is 5.32 Å². The zero-order chi connectivity index (χ0) is 14.8. The highest BCUT2D eigenvalue weighted by Gasteiger charge is 2.04. The quantitative estimate of drug-likeness (QED) is 0.553. The van der Waals surface area contributed by atoms with E-state index in [0.717, 1.165) is 31.1 Å². The molecule has 1 heterocycles. The Morgan fingerprint density at radius 2 is 1.95 bits per heavy atom. The number of hydrogen-bond donors (Lipinski definition) is 1. The van der Waals surface area contributed by atoms with Gasteiger partial charge in [-0.2, -0.15) is 0 Å². The molecule has 0 aliphatic heterocycles. The van der Waals surface area contributed by atoms with Gasteiger partial charge in [0.15, 0.2) is 0 Å². The first-order valence-electron chi connectivity index (χ1n) is 6.35. The fourth-order valence-electron chi connectivity index (χ4n) is 2.12. The molecule has 0 radical (unpaired) electrons. The van der Waals surface area contributed by atoms with Gasteiger partial charge in [-0.3, -0.25) is 4.98 Å². The minimum atomic E-state index is 0.698. The maximum Gasteiger partial charge on any atom is 0.0934 e. The van der Waals surface area contributed by atoms with Gasteiger partial charge in [-0.15, -0.1) is 0 Å². The molecule has 21 heavy (non-hydrogen) atoms. The van der Waals surface area contributed by atoms with Crippen molar-refractivity contribution in [3.8, 4) is 0 Å². The molecule has 0 unspecified atom stereocenters. The summed E-state index contributed by atoms with van der Waals surface area (Å²) in [5.74, 6) is 0. The van der Waals surface area contributed by atoms with E-state index in [1.165, 1.54) is 0 Å². The molecule has 0 amide bonds. The molecule has 2 aromatic carbocycles. The Bertz CT molecular complexity index is 805. The normalized spacial score (nSPS) is 10.8. The van der Waals surface area contributed by atoms with E-state index in [-0.39, 0.29) is 0 Å². The fraction of sp³-hybridized carbons (Fsp3) is 0.0625. The summed E-state index contributed by atoms with van der Waals surface area (Å²) < 4.78 is 1.89. The van der Waals surface area contributed by atoms with Crippen LogP contribution in [0.2, 0.25) is 5.02 Å². The Balaban J connectivity index is 1.86. The second-order valence-corrected chi connectivity index (χ2v) is 6.81. The molecular weight excluding hydrogens is 415 g/mol. The van der Waals surface area contributed by atoms with Gasteiger partial charge in [0, 0.05) is 27.1 Å². The van der Waals surface area contributed by atoms with E-state index in [9.17, 15) is 0 Å². The Kier molecular flexibility index (Phi) is 4.48. The number of halogens is 3. The van der Waals surface area contributed by atoms with E-state index in [1.807, 2.05) is 36.5 Å². The van der Waals surface area contributed by atoms with Crippen LogP contribution in [0.1, 0.15) is 5.56 Å². The number of pyridine rings is 1. The number of aromatic nitrogens is 1. The highest BCUT2D eigenvalue weighted by molar-refractivity contribution is 9.10. The zero-order valence-corrected chi connectivity index (χ0v) is 14.8. The largest absolute Gasteiger partial charge is 0.379 e. The smallest absolute Gasteiger partial charge is 0.0934 e. The minimum absolute atomic E-state index is 0.698. The van der Waals surface area contributed by atoms with Gasteiger partial charge >= 0.3 is 0 Å². The number of anilines is 1. The monoisotopic (exact) mass is 424 g/mol. The van der Waals surface area contributed by atoms with Crippen LogP contribution in [0.25, 0.3) is 10.9 Å². The van der Waals surface area contributed by atoms with Gasteiger partial charge in [-0.1, -0.05) is 29.8 Å². The van der Waals surface area contributed by atoms with Crippen molar-refractivity contribution in [3.05, 3.63) is 68.2 Å². The summed E-state index contributed by atoms with van der Waals surface area (Å²) >= 11 is 13.0. The van der Waals surface area contributed by atoms with Crippen molar-refractivity contribution in [1.82, 2.24) is 4.98 Å². The molecule has 2 nitrogen and oxygen atoms in total. The maximum atomic E-state index is 6.12. The van der Waals surface area contributed by atoms with E-state index >= 15 is 0 Å². The fourth-order valence-corrected chi connectivity index (χ4v) is 2.92. The summed E-state index contributed by atoms with van der Waals surface area (Å²) in [4.78, 5) is 4.48. The lowest BCUT2D eigenvalue weighted by Crippen LogP contribution is -2.00. The topological polar surface area (TPSA) is 24.9 Å². The highest BCUT2D eigenvalue weighted by Crippen LogP contribution is 2.26. The summed E-state index contributed by atoms with van der Waals surface area (Å²) in [6, 6.07) is 14.1. The number of hydrogen-bond acceptors (Lipinski definition) is 2. The van der Waals surface area contributed by atoms with E-state index in [0.29, 0.717) is 11.6 Å². The van der Waals surface area contributed by atoms with Crippen LogP contribution in [0.4, 0.5) is 5.69 Å². The lowest BCUT2D eigenvalue weighted by molar-refractivity contribution is 1.15. The van der Waals surface area contributed by atoms with Crippen molar-refractivity contribution in [2.45, 2.75) is 6.54 Å². The van der Waals surface area contributed by atoms with E-state index in [1.54, 1.807) is 0 Å². The Hall–Kier alpha value is -1.10. The summed E-state index contributed by atoms with van der Waals surface area (Å²) in [6.07, 6.45) is 1.81. The number of rotatable bonds is 3. The Morgan fingerprint density at radius 1 is 1.10 bits per heavy atom. The molecule has 0 atom stereocenters. The molecule has 106 valence electrons. The molecule has 3 aromatic rings. The van der Waals surface area contributed by atoms with Crippen LogP contribution in [0, 0.1) is 0 Å². The predicted molar refractivity (Wildman–Crippen MR) is 95.9 cm³/mol. The second-order valence-electron chi connectivity index (χ2n) is 4.63. The molecule has 0 aliphatic carbocycles. The standard InChI is InChI=1S/C16H11Br2ClN2/c17-12-7-11-2-1-3-15(16(11)21-9-12)20-8-10-4-5-13(18)14(19)6-10/h1-7,9,20H,8H2. The third kappa shape index (κ3) is 3.39. The molecule has 1 aromatic heterocycles.